The number of methoxy groups -OCH3 is 1. The summed E-state index contributed by atoms with van der Waals surface area (Å²) < 4.78 is 17.9. The number of nitrogens with zero attached hydrogens (tertiary/aromatic N) is 3. The number of halogens is 1. The van der Waals surface area contributed by atoms with Gasteiger partial charge in [-0.05, 0) is 61.0 Å². The van der Waals surface area contributed by atoms with E-state index in [2.05, 4.69) is 31.1 Å². The van der Waals surface area contributed by atoms with Crippen LogP contribution in [0.3, 0.4) is 0 Å². The molecule has 13 nitrogen and oxygen atoms in total. The number of hydrogen-bond acceptors (Lipinski definition) is 10. The summed E-state index contributed by atoms with van der Waals surface area (Å²) in [5.74, 6) is -0.546. The third-order valence-electron chi connectivity index (χ3n) is 11.4. The van der Waals surface area contributed by atoms with Crippen molar-refractivity contribution in [1.82, 2.24) is 25.5 Å². The molecule has 0 radical (unpaired) electrons. The number of alkyl carbamates (subject to hydrolysis) is 1. The van der Waals surface area contributed by atoms with E-state index in [0.29, 0.717) is 44.9 Å². The summed E-state index contributed by atoms with van der Waals surface area (Å²) in [5.41, 5.74) is -0.432. The fourth-order valence-corrected chi connectivity index (χ4v) is 9.21. The maximum Gasteiger partial charge on any atom is 0.408 e. The lowest BCUT2D eigenvalue weighted by atomic mass is 9.85. The van der Waals surface area contributed by atoms with Gasteiger partial charge in [0.25, 0.3) is 0 Å². The molecule has 2 unspecified atom stereocenters. The van der Waals surface area contributed by atoms with Crippen molar-refractivity contribution < 1.29 is 38.5 Å². The Labute approximate surface area is 329 Å². The minimum atomic E-state index is -1.52. The van der Waals surface area contributed by atoms with E-state index in [0.717, 1.165) is 18.5 Å². The number of benzene rings is 1. The zero-order valence-corrected chi connectivity index (χ0v) is 33.5. The average Bonchev–Trinajstić information content (AvgIpc) is 3.77. The van der Waals surface area contributed by atoms with E-state index in [1.807, 2.05) is 26.2 Å². The van der Waals surface area contributed by atoms with Crippen molar-refractivity contribution in [3.8, 4) is 22.2 Å². The van der Waals surface area contributed by atoms with E-state index in [4.69, 9.17) is 35.8 Å². The minimum absolute atomic E-state index is 0.0328. The van der Waals surface area contributed by atoms with Gasteiger partial charge in [-0.2, -0.15) is 0 Å². The maximum atomic E-state index is 14.6. The minimum Gasteiger partial charge on any atom is -0.495 e. The second-order valence-electron chi connectivity index (χ2n) is 16.7. The van der Waals surface area contributed by atoms with Crippen LogP contribution in [0, 0.1) is 23.2 Å². The number of amides is 3. The van der Waals surface area contributed by atoms with Crippen molar-refractivity contribution in [2.75, 3.05) is 13.7 Å². The Morgan fingerprint density at radius 2 is 1.82 bits per heavy atom. The van der Waals surface area contributed by atoms with Crippen LogP contribution in [-0.2, 0) is 19.1 Å². The quantitative estimate of drug-likeness (QED) is 0.170. The van der Waals surface area contributed by atoms with Crippen LogP contribution in [0.15, 0.2) is 36.2 Å². The summed E-state index contributed by atoms with van der Waals surface area (Å²) in [5, 5.41) is 19.2. The predicted molar refractivity (Wildman–Crippen MR) is 207 cm³/mol. The molecule has 0 bridgehead atoms. The van der Waals surface area contributed by atoms with E-state index in [-0.39, 0.29) is 36.4 Å². The number of hydrogen-bond donors (Lipinski definition) is 3. The third kappa shape index (κ3) is 7.59. The van der Waals surface area contributed by atoms with Crippen molar-refractivity contribution in [2.45, 2.75) is 102 Å². The highest BCUT2D eigenvalue weighted by Gasteiger charge is 2.61. The molecule has 1 saturated heterocycles. The van der Waals surface area contributed by atoms with E-state index in [1.165, 1.54) is 35.8 Å². The molecule has 3 saturated carbocycles. The van der Waals surface area contributed by atoms with Crippen LogP contribution < -0.4 is 20.1 Å². The van der Waals surface area contributed by atoms with Gasteiger partial charge in [0.1, 0.15) is 57.1 Å². The number of fused-ring (bicyclic) bond motifs is 2. The second-order valence-corrected chi connectivity index (χ2v) is 17.9. The number of carbonyl (C=O) groups is 4. The standard InChI is InChI=1S/C40H48ClN5O8S/c1-8-22-16-40(22,37(49)50)45-34(47)28-14-24(17-46(28)36(48)33(39(4,5)6)44-38(51)54-23-12-20-11-21(20)13-23)53-30-15-26(35-43-27(18-55-35)19(2)3)42-32-25(30)9-10-29(52-7)31(32)41/h8-10,15,18-24,28,33H,1,11-14,16-17H2,2-7H3,(H,44,51)(H,45,47)(H,49,50)/t20-,21+,22?,23?,24-,28+,33-,40-/m1/s1. The van der Waals surface area contributed by atoms with Crippen LogP contribution in [-0.4, -0.2) is 87.3 Å². The monoisotopic (exact) mass is 793 g/mol. The highest BCUT2D eigenvalue weighted by Crippen LogP contribution is 2.52. The number of carboxylic acid groups (broad SMARTS) is 1. The number of thiazole rings is 1. The smallest absolute Gasteiger partial charge is 0.408 e. The Kier molecular flexibility index (Phi) is 10.3. The zero-order valence-electron chi connectivity index (χ0n) is 31.9. The molecule has 3 aromatic rings. The third-order valence-corrected chi connectivity index (χ3v) is 12.7. The number of carboxylic acids is 1. The molecule has 1 aromatic carbocycles. The lowest BCUT2D eigenvalue weighted by molar-refractivity contribution is -0.146. The Hall–Kier alpha value is -4.43. The molecule has 3 N–H and O–H groups in total. The molecular weight excluding hydrogens is 746 g/mol. The molecule has 4 aliphatic rings. The van der Waals surface area contributed by atoms with Crippen LogP contribution in [0.25, 0.3) is 21.6 Å². The van der Waals surface area contributed by atoms with Crippen LogP contribution in [0.4, 0.5) is 4.79 Å². The van der Waals surface area contributed by atoms with Gasteiger partial charge in [0.2, 0.25) is 11.8 Å². The highest BCUT2D eigenvalue weighted by molar-refractivity contribution is 7.13. The first-order valence-electron chi connectivity index (χ1n) is 18.8. The number of rotatable bonds is 12. The first-order valence-corrected chi connectivity index (χ1v) is 20.0. The van der Waals surface area contributed by atoms with Crippen LogP contribution in [0.2, 0.25) is 5.02 Å². The molecule has 1 aliphatic heterocycles. The summed E-state index contributed by atoms with van der Waals surface area (Å²) in [6.45, 7) is 13.3. The molecule has 4 fully saturated rings. The number of aromatic nitrogens is 2. The molecule has 2 aromatic heterocycles. The van der Waals surface area contributed by atoms with Gasteiger partial charge < -0.3 is 34.9 Å². The first-order chi connectivity index (χ1) is 26.0. The number of carbonyl (C=O) groups excluding carboxylic acids is 3. The molecule has 3 amide bonds. The Balaban J connectivity index is 1.21. The molecule has 15 heteroatoms. The number of pyridine rings is 1. The summed E-state index contributed by atoms with van der Waals surface area (Å²) >= 11 is 8.25. The number of likely N-dealkylation sites (tertiary alicyclic amines) is 1. The molecule has 3 heterocycles. The van der Waals surface area contributed by atoms with Gasteiger partial charge in [-0.1, -0.05) is 52.3 Å². The van der Waals surface area contributed by atoms with Gasteiger partial charge in [0.15, 0.2) is 0 Å². The van der Waals surface area contributed by atoms with Gasteiger partial charge >= 0.3 is 12.1 Å². The fourth-order valence-electron chi connectivity index (χ4n) is 7.99. The Bertz CT molecular complexity index is 2040. The molecule has 294 valence electrons. The van der Waals surface area contributed by atoms with Crippen molar-refractivity contribution in [1.29, 1.82) is 0 Å². The van der Waals surface area contributed by atoms with E-state index in [1.54, 1.807) is 18.2 Å². The zero-order chi connectivity index (χ0) is 39.6. The van der Waals surface area contributed by atoms with Gasteiger partial charge in [-0.25, -0.2) is 19.6 Å². The van der Waals surface area contributed by atoms with Crippen LogP contribution >= 0.6 is 22.9 Å². The molecular formula is C40H48ClN5O8S. The fraction of sp³-hybridized carbons (Fsp3) is 0.550. The van der Waals surface area contributed by atoms with E-state index >= 15 is 0 Å². The normalized spacial score (nSPS) is 27.3. The van der Waals surface area contributed by atoms with E-state index < -0.39 is 58.9 Å². The topological polar surface area (TPSA) is 169 Å². The van der Waals surface area contributed by atoms with Crippen molar-refractivity contribution in [3.63, 3.8) is 0 Å². The molecule has 3 aliphatic carbocycles. The van der Waals surface area contributed by atoms with Crippen LogP contribution in [0.1, 0.15) is 78.3 Å². The molecule has 55 heavy (non-hydrogen) atoms. The first kappa shape index (κ1) is 38.8. The van der Waals surface area contributed by atoms with Crippen molar-refractivity contribution >= 4 is 57.7 Å². The summed E-state index contributed by atoms with van der Waals surface area (Å²) in [6.07, 6.45) is 2.94. The van der Waals surface area contributed by atoms with Gasteiger partial charge in [-0.3, -0.25) is 9.59 Å². The molecule has 8 atom stereocenters. The molecule has 7 rings (SSSR count). The SMILES string of the molecule is C=CC1C[C@]1(NC(=O)[C@@H]1C[C@@H](Oc2cc(-c3nc(C(C)C)cs3)nc3c(Cl)c(OC)ccc23)CN1C(=O)[C@@H](NC(=O)OC1C[C@@H]2C[C@@H]2C1)C(C)(C)C)C(=O)O. The number of ether oxygens (including phenoxy) is 3. The highest BCUT2D eigenvalue weighted by atomic mass is 35.5. The van der Waals surface area contributed by atoms with Gasteiger partial charge in [0, 0.05) is 29.2 Å². The van der Waals surface area contributed by atoms with Gasteiger partial charge in [0.05, 0.1) is 24.9 Å². The maximum absolute atomic E-state index is 14.6. The van der Waals surface area contributed by atoms with E-state index in [9.17, 15) is 24.3 Å². The van der Waals surface area contributed by atoms with Gasteiger partial charge in [-0.15, -0.1) is 17.9 Å². The summed E-state index contributed by atoms with van der Waals surface area (Å²) in [7, 11) is 1.52. The predicted octanol–water partition coefficient (Wildman–Crippen LogP) is 6.58. The molecule has 0 spiro atoms. The summed E-state index contributed by atoms with van der Waals surface area (Å²) in [6, 6.07) is 3.08. The second kappa shape index (κ2) is 14.6. The average molecular weight is 794 g/mol. The largest absolute Gasteiger partial charge is 0.495 e. The van der Waals surface area contributed by atoms with Crippen LogP contribution in [0.5, 0.6) is 11.5 Å². The Morgan fingerprint density at radius 3 is 2.42 bits per heavy atom. The lowest BCUT2D eigenvalue weighted by Crippen LogP contribution is -2.59. The summed E-state index contributed by atoms with van der Waals surface area (Å²) in [4.78, 5) is 65.4. The van der Waals surface area contributed by atoms with Crippen molar-refractivity contribution in [2.24, 2.45) is 23.2 Å². The number of aliphatic carboxylic acids is 1. The number of nitrogens with one attached hydrogen (secondary N) is 2. The Morgan fingerprint density at radius 1 is 1.09 bits per heavy atom. The van der Waals surface area contributed by atoms with Crippen molar-refractivity contribution in [3.05, 3.63) is 47.0 Å². The lowest BCUT2D eigenvalue weighted by Gasteiger charge is -2.35.